The monoisotopic (exact) mass is 377 g/mol. The minimum absolute atomic E-state index is 0.191. The van der Waals surface area contributed by atoms with E-state index in [1.807, 2.05) is 45.0 Å². The average Bonchev–Trinajstić information content (AvgIpc) is 2.25. The van der Waals surface area contributed by atoms with Gasteiger partial charge in [0, 0.05) is 15.5 Å². The van der Waals surface area contributed by atoms with Crippen LogP contribution < -0.4 is 5.32 Å². The van der Waals surface area contributed by atoms with E-state index < -0.39 is 12.2 Å². The molecule has 5 heteroatoms. The first-order valence-corrected chi connectivity index (χ1v) is 7.22. The van der Waals surface area contributed by atoms with Crippen molar-refractivity contribution in [2.24, 2.45) is 0 Å². The van der Waals surface area contributed by atoms with E-state index in [4.69, 9.17) is 4.74 Å². The van der Waals surface area contributed by atoms with Gasteiger partial charge in [0.15, 0.2) is 0 Å². The van der Waals surface area contributed by atoms with Crippen LogP contribution in [-0.4, -0.2) is 29.4 Å². The fourth-order valence-corrected chi connectivity index (χ4v) is 2.16. The van der Waals surface area contributed by atoms with E-state index in [-0.39, 0.29) is 12.1 Å². The van der Waals surface area contributed by atoms with Crippen molar-refractivity contribution in [3.8, 4) is 0 Å². The predicted octanol–water partition coefficient (Wildman–Crippen LogP) is 2.72. The number of carbonyl (C=O) groups excluding carboxylic acids is 1. The molecule has 0 fully saturated rings. The van der Waals surface area contributed by atoms with Crippen molar-refractivity contribution < 1.29 is 14.6 Å². The number of aliphatic hydroxyl groups is 1. The van der Waals surface area contributed by atoms with E-state index in [9.17, 15) is 9.90 Å². The first-order valence-electron chi connectivity index (χ1n) is 6.14. The molecule has 0 spiro atoms. The molecule has 1 aromatic rings. The zero-order valence-corrected chi connectivity index (χ0v) is 13.6. The van der Waals surface area contributed by atoms with Crippen LogP contribution in [0.5, 0.6) is 0 Å². The van der Waals surface area contributed by atoms with Gasteiger partial charge < -0.3 is 15.2 Å². The lowest BCUT2D eigenvalue weighted by Crippen LogP contribution is -2.43. The van der Waals surface area contributed by atoms with Crippen LogP contribution in [0.4, 0.5) is 4.79 Å². The van der Waals surface area contributed by atoms with Gasteiger partial charge in [-0.25, -0.2) is 4.79 Å². The fraction of sp³-hybridized carbons (Fsp3) is 0.500. The number of ether oxygens (including phenoxy) is 1. The Hall–Kier alpha value is -0.820. The average molecular weight is 377 g/mol. The Bertz CT molecular complexity index is 429. The minimum Gasteiger partial charge on any atom is -0.443 e. The largest absolute Gasteiger partial charge is 0.443 e. The topological polar surface area (TPSA) is 58.6 Å². The molecule has 1 aromatic carbocycles. The van der Waals surface area contributed by atoms with Crippen LogP contribution >= 0.6 is 22.6 Å². The summed E-state index contributed by atoms with van der Waals surface area (Å²) in [5, 5.41) is 12.0. The zero-order valence-electron chi connectivity index (χ0n) is 11.4. The number of amides is 1. The third-order valence-electron chi connectivity index (χ3n) is 2.31. The van der Waals surface area contributed by atoms with Gasteiger partial charge >= 0.3 is 6.09 Å². The highest BCUT2D eigenvalue weighted by atomic mass is 127. The summed E-state index contributed by atoms with van der Waals surface area (Å²) in [6.07, 6.45) is -0.525. The molecule has 0 heterocycles. The molecule has 1 rings (SSSR count). The molecule has 0 saturated carbocycles. The number of alkyl carbamates (subject to hydrolysis) is 1. The second-order valence-electron chi connectivity index (χ2n) is 5.42. The second-order valence-corrected chi connectivity index (χ2v) is 6.66. The maximum absolute atomic E-state index is 11.6. The lowest BCUT2D eigenvalue weighted by molar-refractivity contribution is 0.0538. The number of carbonyl (C=O) groups is 1. The third-order valence-corrected chi connectivity index (χ3v) is 2.98. The molecule has 106 valence electrons. The van der Waals surface area contributed by atoms with E-state index in [1.165, 1.54) is 0 Å². The van der Waals surface area contributed by atoms with Crippen LogP contribution in [0.2, 0.25) is 0 Å². The summed E-state index contributed by atoms with van der Waals surface area (Å²) in [5.41, 5.74) is 0.689. The molecular formula is C14H20INO3. The summed E-state index contributed by atoms with van der Waals surface area (Å²) in [5.74, 6) is 0. The number of aliphatic hydroxyl groups excluding tert-OH is 1. The van der Waals surface area contributed by atoms with Crippen molar-refractivity contribution in [1.82, 2.24) is 5.32 Å². The van der Waals surface area contributed by atoms with Crippen molar-refractivity contribution in [3.63, 3.8) is 0 Å². The highest BCUT2D eigenvalue weighted by molar-refractivity contribution is 14.1. The number of rotatable bonds is 4. The number of halogens is 1. The molecule has 0 bridgehead atoms. The van der Waals surface area contributed by atoms with Crippen molar-refractivity contribution in [3.05, 3.63) is 33.4 Å². The molecule has 0 aromatic heterocycles. The molecule has 0 unspecified atom stereocenters. The summed E-state index contributed by atoms with van der Waals surface area (Å²) >= 11 is 2.22. The van der Waals surface area contributed by atoms with Gasteiger partial charge in [0.2, 0.25) is 0 Å². The molecule has 0 aliphatic carbocycles. The van der Waals surface area contributed by atoms with Gasteiger partial charge in [-0.15, -0.1) is 0 Å². The van der Waals surface area contributed by atoms with Crippen molar-refractivity contribution in [2.45, 2.75) is 38.8 Å². The van der Waals surface area contributed by atoms with Crippen molar-refractivity contribution in [1.29, 1.82) is 0 Å². The minimum atomic E-state index is -0.527. The Kier molecular flexibility index (Phi) is 6.06. The number of nitrogens with one attached hydrogen (secondary N) is 1. The van der Waals surface area contributed by atoms with Crippen LogP contribution in [0.15, 0.2) is 24.3 Å². The van der Waals surface area contributed by atoms with Crippen molar-refractivity contribution in [2.75, 3.05) is 6.61 Å². The SMILES string of the molecule is CC(C)(C)NC(=O)O[C@H](CO)Cc1cccc(I)c1. The lowest BCUT2D eigenvalue weighted by Gasteiger charge is -2.23. The Balaban J connectivity index is 2.57. The molecule has 4 nitrogen and oxygen atoms in total. The number of hydrogen-bond acceptors (Lipinski definition) is 3. The van der Waals surface area contributed by atoms with Crippen LogP contribution in [0.1, 0.15) is 26.3 Å². The summed E-state index contributed by atoms with van der Waals surface area (Å²) in [6.45, 7) is 5.44. The quantitative estimate of drug-likeness (QED) is 0.794. The molecule has 0 aliphatic heterocycles. The van der Waals surface area contributed by atoms with E-state index in [1.54, 1.807) is 0 Å². The van der Waals surface area contributed by atoms with Gasteiger partial charge in [-0.3, -0.25) is 0 Å². The van der Waals surface area contributed by atoms with Gasteiger partial charge in [-0.05, 0) is 61.1 Å². The van der Waals surface area contributed by atoms with Crippen molar-refractivity contribution >= 4 is 28.7 Å². The Morgan fingerprint density at radius 2 is 2.16 bits per heavy atom. The third kappa shape index (κ3) is 6.77. The fourth-order valence-electron chi connectivity index (χ4n) is 1.56. The first-order chi connectivity index (χ1) is 8.80. The van der Waals surface area contributed by atoms with Crippen LogP contribution in [-0.2, 0) is 11.2 Å². The van der Waals surface area contributed by atoms with Crippen LogP contribution in [0.25, 0.3) is 0 Å². The van der Waals surface area contributed by atoms with E-state index in [0.29, 0.717) is 6.42 Å². The first kappa shape index (κ1) is 16.2. The van der Waals surface area contributed by atoms with Crippen LogP contribution in [0, 0.1) is 3.57 Å². The maximum Gasteiger partial charge on any atom is 0.407 e. The van der Waals surface area contributed by atoms with Gasteiger partial charge in [-0.2, -0.15) is 0 Å². The summed E-state index contributed by atoms with van der Waals surface area (Å²) in [6, 6.07) is 7.90. The standard InChI is InChI=1S/C14H20INO3/c1-14(2,3)16-13(18)19-12(9-17)8-10-5-4-6-11(15)7-10/h4-7,12,17H,8-9H2,1-3H3,(H,16,18)/t12-/m0/s1. The summed E-state index contributed by atoms with van der Waals surface area (Å²) in [7, 11) is 0. The van der Waals surface area contributed by atoms with Crippen LogP contribution in [0.3, 0.4) is 0 Å². The van der Waals surface area contributed by atoms with E-state index in [0.717, 1.165) is 9.13 Å². The summed E-state index contributed by atoms with van der Waals surface area (Å²) in [4.78, 5) is 11.6. The summed E-state index contributed by atoms with van der Waals surface area (Å²) < 4.78 is 6.33. The van der Waals surface area contributed by atoms with Gasteiger partial charge in [0.05, 0.1) is 6.61 Å². The molecule has 2 N–H and O–H groups in total. The highest BCUT2D eigenvalue weighted by Crippen LogP contribution is 2.11. The molecule has 0 radical (unpaired) electrons. The molecule has 1 amide bonds. The normalized spacial score (nSPS) is 12.9. The smallest absolute Gasteiger partial charge is 0.407 e. The Morgan fingerprint density at radius 1 is 1.47 bits per heavy atom. The second kappa shape index (κ2) is 7.09. The van der Waals surface area contributed by atoms with Gasteiger partial charge in [0.1, 0.15) is 6.10 Å². The van der Waals surface area contributed by atoms with Gasteiger partial charge in [-0.1, -0.05) is 12.1 Å². The van der Waals surface area contributed by atoms with E-state index >= 15 is 0 Å². The molecular weight excluding hydrogens is 357 g/mol. The highest BCUT2D eigenvalue weighted by Gasteiger charge is 2.19. The lowest BCUT2D eigenvalue weighted by atomic mass is 10.1. The van der Waals surface area contributed by atoms with Gasteiger partial charge in [0.25, 0.3) is 0 Å². The zero-order chi connectivity index (χ0) is 14.5. The molecule has 1 atom stereocenters. The predicted molar refractivity (Wildman–Crippen MR) is 83.1 cm³/mol. The molecule has 0 aliphatic rings. The maximum atomic E-state index is 11.6. The number of benzene rings is 1. The Morgan fingerprint density at radius 3 is 2.68 bits per heavy atom. The molecule has 0 saturated heterocycles. The van der Waals surface area contributed by atoms with E-state index in [2.05, 4.69) is 27.9 Å². The number of hydrogen-bond donors (Lipinski definition) is 2. The Labute approximate surface area is 127 Å². The molecule has 19 heavy (non-hydrogen) atoms.